The van der Waals surface area contributed by atoms with E-state index in [1.165, 1.54) is 37.2 Å². The number of hydrogen-bond donors (Lipinski definition) is 2. The van der Waals surface area contributed by atoms with Crippen LogP contribution in [0.25, 0.3) is 0 Å². The summed E-state index contributed by atoms with van der Waals surface area (Å²) in [6, 6.07) is 9.27. The van der Waals surface area contributed by atoms with Gasteiger partial charge in [-0.05, 0) is 42.9 Å². The molecule has 2 aromatic rings. The highest BCUT2D eigenvalue weighted by atomic mass is 15.4. The molecule has 1 unspecified atom stereocenters. The fraction of sp³-hybridized carbons (Fsp3) is 0.625. The Morgan fingerprint density at radius 3 is 2.58 bits per heavy atom. The molecule has 0 bridgehead atoms. The van der Waals surface area contributed by atoms with Crippen LogP contribution in [0.1, 0.15) is 63.2 Å². The molecule has 4 rings (SSSR count). The van der Waals surface area contributed by atoms with Crippen LogP contribution in [0.15, 0.2) is 29.3 Å². The van der Waals surface area contributed by atoms with Crippen molar-refractivity contribution in [1.29, 1.82) is 0 Å². The van der Waals surface area contributed by atoms with Gasteiger partial charge in [-0.3, -0.25) is 4.99 Å². The molecule has 2 aliphatic rings. The van der Waals surface area contributed by atoms with Gasteiger partial charge in [0, 0.05) is 50.7 Å². The molecule has 1 saturated heterocycles. The Balaban J connectivity index is 1.28. The number of piperidine rings is 1. The van der Waals surface area contributed by atoms with Gasteiger partial charge in [-0.1, -0.05) is 32.9 Å². The average Bonchev–Trinajstić information content (AvgIpc) is 3.21. The maximum absolute atomic E-state index is 4.68. The average molecular weight is 424 g/mol. The van der Waals surface area contributed by atoms with E-state index >= 15 is 0 Å². The van der Waals surface area contributed by atoms with Crippen LogP contribution in [0.4, 0.5) is 5.69 Å². The van der Waals surface area contributed by atoms with Crippen molar-refractivity contribution in [3.05, 3.63) is 41.5 Å². The number of aryl methyl sites for hydroxylation is 1. The minimum atomic E-state index is 0.310. The highest BCUT2D eigenvalue weighted by Crippen LogP contribution is 2.23. The van der Waals surface area contributed by atoms with Crippen molar-refractivity contribution >= 4 is 11.6 Å². The molecule has 1 aromatic carbocycles. The number of anilines is 1. The van der Waals surface area contributed by atoms with E-state index in [2.05, 4.69) is 80.3 Å². The van der Waals surface area contributed by atoms with Crippen LogP contribution in [0.3, 0.4) is 0 Å². The van der Waals surface area contributed by atoms with Gasteiger partial charge in [0.2, 0.25) is 0 Å². The summed E-state index contributed by atoms with van der Waals surface area (Å²) in [6.45, 7) is 10.6. The number of nitrogens with one attached hydrogen (secondary N) is 2. The first kappa shape index (κ1) is 21.7. The summed E-state index contributed by atoms with van der Waals surface area (Å²) < 4.78 is 2.06. The number of fused-ring (bicyclic) bond motifs is 1. The van der Waals surface area contributed by atoms with Gasteiger partial charge in [0.15, 0.2) is 11.8 Å². The van der Waals surface area contributed by atoms with E-state index < -0.39 is 0 Å². The number of guanidine groups is 1. The Kier molecular flexibility index (Phi) is 6.78. The van der Waals surface area contributed by atoms with Crippen LogP contribution in [0.5, 0.6) is 0 Å². The first-order valence-corrected chi connectivity index (χ1v) is 11.8. The number of hydrogen-bond acceptors (Lipinski definition) is 4. The second-order valence-corrected chi connectivity index (χ2v) is 9.36. The van der Waals surface area contributed by atoms with Gasteiger partial charge in [0.1, 0.15) is 5.82 Å². The highest BCUT2D eigenvalue weighted by Gasteiger charge is 2.23. The lowest BCUT2D eigenvalue weighted by molar-refractivity contribution is 0.391. The summed E-state index contributed by atoms with van der Waals surface area (Å²) in [5.41, 5.74) is 2.60. The molecular weight excluding hydrogens is 386 g/mol. The first-order valence-electron chi connectivity index (χ1n) is 11.8. The van der Waals surface area contributed by atoms with Crippen LogP contribution in [0.2, 0.25) is 0 Å². The van der Waals surface area contributed by atoms with Gasteiger partial charge in [0.05, 0.1) is 6.54 Å². The third kappa shape index (κ3) is 5.38. The molecule has 0 amide bonds. The molecule has 3 heterocycles. The number of aromatic nitrogens is 3. The van der Waals surface area contributed by atoms with Gasteiger partial charge in [0.25, 0.3) is 0 Å². The zero-order valence-corrected chi connectivity index (χ0v) is 19.4. The molecule has 7 nitrogen and oxygen atoms in total. The summed E-state index contributed by atoms with van der Waals surface area (Å²) in [5.74, 6) is 4.11. The number of aliphatic imine (C=N–C) groups is 1. The van der Waals surface area contributed by atoms with Crippen LogP contribution in [-0.4, -0.2) is 46.9 Å². The Labute approximate surface area is 186 Å². The van der Waals surface area contributed by atoms with Gasteiger partial charge >= 0.3 is 0 Å². The number of rotatable bonds is 5. The first-order chi connectivity index (χ1) is 15.0. The summed E-state index contributed by atoms with van der Waals surface area (Å²) in [4.78, 5) is 11.6. The van der Waals surface area contributed by atoms with E-state index in [9.17, 15) is 0 Å². The predicted octanol–water partition coefficient (Wildman–Crippen LogP) is 3.32. The summed E-state index contributed by atoms with van der Waals surface area (Å²) in [6.07, 6.45) is 4.58. The molecule has 1 atom stereocenters. The minimum Gasteiger partial charge on any atom is -0.372 e. The van der Waals surface area contributed by atoms with E-state index in [-0.39, 0.29) is 0 Å². The van der Waals surface area contributed by atoms with Crippen molar-refractivity contribution in [3.63, 3.8) is 0 Å². The van der Waals surface area contributed by atoms with E-state index in [4.69, 9.17) is 0 Å². The van der Waals surface area contributed by atoms with E-state index in [1.807, 2.05) is 7.05 Å². The molecule has 0 radical (unpaired) electrons. The van der Waals surface area contributed by atoms with Crippen LogP contribution >= 0.6 is 0 Å². The molecule has 2 aliphatic heterocycles. The lowest BCUT2D eigenvalue weighted by atomic mass is 9.99. The van der Waals surface area contributed by atoms with Gasteiger partial charge in [-0.2, -0.15) is 5.10 Å². The zero-order valence-electron chi connectivity index (χ0n) is 19.4. The van der Waals surface area contributed by atoms with Gasteiger partial charge in [-0.15, -0.1) is 0 Å². The molecule has 7 heteroatoms. The molecule has 0 saturated carbocycles. The van der Waals surface area contributed by atoms with Crippen molar-refractivity contribution < 1.29 is 0 Å². The SMILES string of the molecule is CN=C(NCc1ccc(N2CCC(C)CC2)cc1)NC1CCc2nc(C(C)C)nn2C1. The third-order valence-corrected chi connectivity index (χ3v) is 6.50. The molecule has 1 aromatic heterocycles. The normalized spacial score (nSPS) is 20.1. The van der Waals surface area contributed by atoms with Gasteiger partial charge in [-0.25, -0.2) is 9.67 Å². The third-order valence-electron chi connectivity index (χ3n) is 6.50. The van der Waals surface area contributed by atoms with Crippen molar-refractivity contribution in [2.75, 3.05) is 25.0 Å². The topological polar surface area (TPSA) is 70.4 Å². The van der Waals surface area contributed by atoms with Crippen LogP contribution in [-0.2, 0) is 19.5 Å². The monoisotopic (exact) mass is 423 g/mol. The van der Waals surface area contributed by atoms with Crippen LogP contribution < -0.4 is 15.5 Å². The minimum absolute atomic E-state index is 0.310. The van der Waals surface area contributed by atoms with Crippen molar-refractivity contribution in [1.82, 2.24) is 25.4 Å². The Hall–Kier alpha value is -2.57. The second kappa shape index (κ2) is 9.71. The molecule has 1 fully saturated rings. The largest absolute Gasteiger partial charge is 0.372 e. The number of benzene rings is 1. The quantitative estimate of drug-likeness (QED) is 0.570. The standard InChI is InChI=1S/C24H37N7/c1-17(2)23-28-22-10-7-20(16-31(22)29-23)27-24(25-4)26-15-19-5-8-21(9-6-19)30-13-11-18(3)12-14-30/h5-6,8-9,17-18,20H,7,10-16H2,1-4H3,(H2,25,26,27). The van der Waals surface area contributed by atoms with E-state index in [1.54, 1.807) is 0 Å². The fourth-order valence-corrected chi connectivity index (χ4v) is 4.36. The summed E-state index contributed by atoms with van der Waals surface area (Å²) >= 11 is 0. The summed E-state index contributed by atoms with van der Waals surface area (Å²) in [7, 11) is 1.83. The lowest BCUT2D eigenvalue weighted by Gasteiger charge is -2.32. The Bertz CT molecular complexity index is 876. The van der Waals surface area contributed by atoms with Crippen molar-refractivity contribution in [2.45, 2.75) is 71.5 Å². The van der Waals surface area contributed by atoms with Gasteiger partial charge < -0.3 is 15.5 Å². The van der Waals surface area contributed by atoms with Crippen molar-refractivity contribution in [2.24, 2.45) is 10.9 Å². The Morgan fingerprint density at radius 1 is 1.16 bits per heavy atom. The maximum atomic E-state index is 4.68. The summed E-state index contributed by atoms with van der Waals surface area (Å²) in [5, 5.41) is 11.7. The predicted molar refractivity (Wildman–Crippen MR) is 127 cm³/mol. The van der Waals surface area contributed by atoms with E-state index in [0.717, 1.165) is 49.5 Å². The molecule has 2 N–H and O–H groups in total. The second-order valence-electron chi connectivity index (χ2n) is 9.36. The van der Waals surface area contributed by atoms with Crippen LogP contribution in [0, 0.1) is 5.92 Å². The van der Waals surface area contributed by atoms with E-state index in [0.29, 0.717) is 12.0 Å². The highest BCUT2D eigenvalue weighted by molar-refractivity contribution is 5.80. The molecule has 0 spiro atoms. The zero-order chi connectivity index (χ0) is 21.8. The maximum Gasteiger partial charge on any atom is 0.191 e. The van der Waals surface area contributed by atoms with Crippen molar-refractivity contribution in [3.8, 4) is 0 Å². The molecule has 31 heavy (non-hydrogen) atoms. The molecular formula is C24H37N7. The number of nitrogens with zero attached hydrogens (tertiary/aromatic N) is 5. The smallest absolute Gasteiger partial charge is 0.191 e. The molecule has 168 valence electrons. The fourth-order valence-electron chi connectivity index (χ4n) is 4.36. The lowest BCUT2D eigenvalue weighted by Crippen LogP contribution is -2.46. The molecule has 0 aliphatic carbocycles. The Morgan fingerprint density at radius 2 is 1.90 bits per heavy atom.